The van der Waals surface area contributed by atoms with E-state index >= 15 is 0 Å². The average Bonchev–Trinajstić information content (AvgIpc) is 3.27. The maximum atomic E-state index is 5.15. The Hall–Kier alpha value is -3.85. The zero-order valence-corrected chi connectivity index (χ0v) is 21.7. The van der Waals surface area contributed by atoms with Crippen molar-refractivity contribution in [3.05, 3.63) is 126 Å². The molecule has 38 heavy (non-hydrogen) atoms. The van der Waals surface area contributed by atoms with E-state index in [0.29, 0.717) is 11.8 Å². The molecule has 2 aliphatic carbocycles. The molecule has 0 N–H and O–H groups in total. The van der Waals surface area contributed by atoms with E-state index in [4.69, 9.17) is 4.99 Å². The molecule has 3 heteroatoms. The summed E-state index contributed by atoms with van der Waals surface area (Å²) in [6.07, 6.45) is 16.3. The Morgan fingerprint density at radius 2 is 1.47 bits per heavy atom. The molecule has 3 aliphatic heterocycles. The lowest BCUT2D eigenvalue weighted by Gasteiger charge is -2.40. The van der Waals surface area contributed by atoms with Crippen LogP contribution in [0.4, 0.5) is 17.1 Å². The molecule has 0 saturated carbocycles. The second-order valence-corrected chi connectivity index (χ2v) is 11.3. The molecule has 3 heterocycles. The lowest BCUT2D eigenvalue weighted by atomic mass is 9.80. The fraction of sp³-hybridized carbons (Fsp3) is 0.286. The summed E-state index contributed by atoms with van der Waals surface area (Å²) in [5, 5.41) is 0. The van der Waals surface area contributed by atoms with Crippen LogP contribution in [0.2, 0.25) is 0 Å². The first kappa shape index (κ1) is 22.2. The van der Waals surface area contributed by atoms with Gasteiger partial charge in [0.2, 0.25) is 0 Å². The maximum absolute atomic E-state index is 5.15. The van der Waals surface area contributed by atoms with Crippen LogP contribution in [0.3, 0.4) is 0 Å². The molecule has 3 aromatic rings. The Labute approximate surface area is 225 Å². The topological polar surface area (TPSA) is 18.8 Å². The number of amidine groups is 1. The fourth-order valence-corrected chi connectivity index (χ4v) is 7.74. The number of hydrogen-bond acceptors (Lipinski definition) is 3. The van der Waals surface area contributed by atoms with E-state index in [0.717, 1.165) is 19.3 Å². The minimum Gasteiger partial charge on any atom is -0.333 e. The number of benzene rings is 3. The van der Waals surface area contributed by atoms with Gasteiger partial charge in [0.1, 0.15) is 5.84 Å². The number of nitrogens with zero attached hydrogens (tertiary/aromatic N) is 3. The van der Waals surface area contributed by atoms with Crippen molar-refractivity contribution in [2.45, 2.75) is 50.5 Å². The highest BCUT2D eigenvalue weighted by Crippen LogP contribution is 2.56. The second kappa shape index (κ2) is 8.87. The van der Waals surface area contributed by atoms with Crippen LogP contribution < -0.4 is 9.80 Å². The number of rotatable bonds is 1. The van der Waals surface area contributed by atoms with Crippen LogP contribution in [0.1, 0.15) is 55.6 Å². The van der Waals surface area contributed by atoms with Crippen LogP contribution in [-0.2, 0) is 0 Å². The summed E-state index contributed by atoms with van der Waals surface area (Å²) in [7, 11) is 0. The average molecular weight is 496 g/mol. The summed E-state index contributed by atoms with van der Waals surface area (Å²) in [6.45, 7) is 0. The number of aliphatic imine (C=N–C) groups is 1. The Morgan fingerprint density at radius 3 is 2.34 bits per heavy atom. The Kier molecular flexibility index (Phi) is 5.17. The van der Waals surface area contributed by atoms with E-state index in [1.54, 1.807) is 5.57 Å². The predicted molar refractivity (Wildman–Crippen MR) is 157 cm³/mol. The normalized spacial score (nSPS) is 27.1. The van der Waals surface area contributed by atoms with Crippen LogP contribution >= 0.6 is 0 Å². The maximum Gasteiger partial charge on any atom is 0.120 e. The van der Waals surface area contributed by atoms with Crippen molar-refractivity contribution >= 4 is 22.9 Å². The standard InChI is InChI=1S/C35H33N3/c1-2-13-25(14-3-1)37-30-19-9-6-16-27(30)33-28-17-7-10-20-31(28)38(32-21-11-8-18-29(32)34(33)37)35-26-15-5-4-12-24(26)22-23-36-35/h1-3,5-7,9-10,13-17,19-20,22-24,26,33-34H,4,8,11-12,18,21H2. The smallest absolute Gasteiger partial charge is 0.120 e. The van der Waals surface area contributed by atoms with Crippen molar-refractivity contribution in [1.82, 2.24) is 0 Å². The fourth-order valence-electron chi connectivity index (χ4n) is 7.74. The predicted octanol–water partition coefficient (Wildman–Crippen LogP) is 8.50. The van der Waals surface area contributed by atoms with Gasteiger partial charge in [-0.25, -0.2) is 4.99 Å². The summed E-state index contributed by atoms with van der Waals surface area (Å²) in [5.74, 6) is 2.38. The number of fused-ring (bicyclic) bond motifs is 7. The molecule has 4 unspecified atom stereocenters. The van der Waals surface area contributed by atoms with Gasteiger partial charge in [0.05, 0.1) is 11.7 Å². The van der Waals surface area contributed by atoms with Crippen molar-refractivity contribution in [2.75, 3.05) is 9.80 Å². The summed E-state index contributed by atoms with van der Waals surface area (Å²) >= 11 is 0. The third kappa shape index (κ3) is 3.24. The number of allylic oxidation sites excluding steroid dienone is 3. The highest BCUT2D eigenvalue weighted by Gasteiger charge is 2.48. The molecule has 3 aromatic carbocycles. The Bertz CT molecular complexity index is 1510. The quantitative estimate of drug-likeness (QED) is 0.315. The van der Waals surface area contributed by atoms with E-state index in [2.05, 4.69) is 113 Å². The van der Waals surface area contributed by atoms with Crippen molar-refractivity contribution < 1.29 is 0 Å². The van der Waals surface area contributed by atoms with Crippen LogP contribution in [0, 0.1) is 11.8 Å². The third-order valence-electron chi connectivity index (χ3n) is 9.32. The van der Waals surface area contributed by atoms with Gasteiger partial charge in [0.25, 0.3) is 0 Å². The van der Waals surface area contributed by atoms with Gasteiger partial charge >= 0.3 is 0 Å². The molecule has 5 aliphatic rings. The van der Waals surface area contributed by atoms with E-state index in [-0.39, 0.29) is 12.0 Å². The number of hydrogen-bond donors (Lipinski definition) is 0. The molecular formula is C35H33N3. The molecule has 8 rings (SSSR count). The van der Waals surface area contributed by atoms with Gasteiger partial charge in [-0.1, -0.05) is 72.8 Å². The number of para-hydroxylation sites is 3. The van der Waals surface area contributed by atoms with Gasteiger partial charge in [-0.2, -0.15) is 0 Å². The van der Waals surface area contributed by atoms with Crippen molar-refractivity contribution in [3.63, 3.8) is 0 Å². The molecule has 0 radical (unpaired) electrons. The van der Waals surface area contributed by atoms with Gasteiger partial charge < -0.3 is 9.80 Å². The van der Waals surface area contributed by atoms with E-state index in [9.17, 15) is 0 Å². The Balaban J connectivity index is 1.41. The second-order valence-electron chi connectivity index (χ2n) is 11.3. The molecule has 3 nitrogen and oxygen atoms in total. The first-order valence-electron chi connectivity index (χ1n) is 14.4. The molecule has 0 spiro atoms. The third-order valence-corrected chi connectivity index (χ3v) is 9.32. The summed E-state index contributed by atoms with van der Waals surface area (Å²) < 4.78 is 0. The highest BCUT2D eigenvalue weighted by molar-refractivity contribution is 6.05. The zero-order valence-electron chi connectivity index (χ0n) is 21.7. The molecule has 0 bridgehead atoms. The largest absolute Gasteiger partial charge is 0.333 e. The SMILES string of the molecule is C1=CC2C(N3C4=C(CCCC4)C4C(c5ccccc53)c3ccccc3N4c3ccccc3)=NC=CC2CC1. The van der Waals surface area contributed by atoms with Crippen LogP contribution in [0.5, 0.6) is 0 Å². The first-order valence-corrected chi connectivity index (χ1v) is 14.4. The van der Waals surface area contributed by atoms with Crippen LogP contribution in [0.15, 0.2) is 120 Å². The summed E-state index contributed by atoms with van der Waals surface area (Å²) in [6, 6.07) is 29.6. The van der Waals surface area contributed by atoms with Crippen molar-refractivity contribution in [3.8, 4) is 0 Å². The lowest BCUT2D eigenvalue weighted by molar-refractivity contribution is 0.505. The molecule has 188 valence electrons. The highest BCUT2D eigenvalue weighted by atomic mass is 15.3. The van der Waals surface area contributed by atoms with E-state index < -0.39 is 0 Å². The van der Waals surface area contributed by atoms with Crippen molar-refractivity contribution in [1.29, 1.82) is 0 Å². The minimum atomic E-state index is 0.272. The monoisotopic (exact) mass is 495 g/mol. The van der Waals surface area contributed by atoms with Gasteiger partial charge in [-0.15, -0.1) is 0 Å². The molecule has 4 atom stereocenters. The van der Waals surface area contributed by atoms with E-state index in [1.165, 1.54) is 59.0 Å². The minimum absolute atomic E-state index is 0.272. The summed E-state index contributed by atoms with van der Waals surface area (Å²) in [4.78, 5) is 10.4. The lowest BCUT2D eigenvalue weighted by Crippen LogP contribution is -2.41. The zero-order chi connectivity index (χ0) is 25.1. The molecule has 0 fully saturated rings. The van der Waals surface area contributed by atoms with Gasteiger partial charge in [0, 0.05) is 35.1 Å². The molecule has 0 amide bonds. The molecule has 0 aromatic heterocycles. The van der Waals surface area contributed by atoms with Crippen molar-refractivity contribution in [2.24, 2.45) is 16.8 Å². The summed E-state index contributed by atoms with van der Waals surface area (Å²) in [5.41, 5.74) is 9.92. The first-order chi connectivity index (χ1) is 18.9. The van der Waals surface area contributed by atoms with Crippen LogP contribution in [0.25, 0.3) is 0 Å². The van der Waals surface area contributed by atoms with Gasteiger partial charge in [0.15, 0.2) is 0 Å². The van der Waals surface area contributed by atoms with Gasteiger partial charge in [-0.3, -0.25) is 0 Å². The molecular weight excluding hydrogens is 462 g/mol. The van der Waals surface area contributed by atoms with Crippen LogP contribution in [-0.4, -0.2) is 11.9 Å². The van der Waals surface area contributed by atoms with Gasteiger partial charge in [-0.05, 0) is 85.4 Å². The Morgan fingerprint density at radius 1 is 0.737 bits per heavy atom. The van der Waals surface area contributed by atoms with E-state index in [1.807, 2.05) is 0 Å². The molecule has 0 saturated heterocycles. The number of anilines is 3.